The number of nitrogens with zero attached hydrogens (tertiary/aromatic N) is 5. The van der Waals surface area contributed by atoms with Crippen LogP contribution in [0.4, 0.5) is 0 Å². The SMILES string of the molecule is CCN(C/C=C/c1ccccc1)C(=O)Cc1ccc(-n2nnnc2C)cc1. The number of hydrogen-bond donors (Lipinski definition) is 0. The van der Waals surface area contributed by atoms with Crippen LogP contribution in [-0.4, -0.2) is 44.1 Å². The summed E-state index contributed by atoms with van der Waals surface area (Å²) in [5.41, 5.74) is 2.99. The van der Waals surface area contributed by atoms with E-state index in [1.807, 2.05) is 85.5 Å². The third kappa shape index (κ3) is 4.88. The van der Waals surface area contributed by atoms with Gasteiger partial charge >= 0.3 is 0 Å². The van der Waals surface area contributed by atoms with E-state index in [4.69, 9.17) is 0 Å². The highest BCUT2D eigenvalue weighted by molar-refractivity contribution is 5.79. The van der Waals surface area contributed by atoms with Crippen LogP contribution < -0.4 is 0 Å². The molecule has 0 aliphatic carbocycles. The van der Waals surface area contributed by atoms with Gasteiger partial charge in [-0.2, -0.15) is 4.68 Å². The van der Waals surface area contributed by atoms with E-state index in [0.29, 0.717) is 19.5 Å². The number of carbonyl (C=O) groups is 1. The topological polar surface area (TPSA) is 63.9 Å². The number of likely N-dealkylation sites (N-methyl/N-ethyl adjacent to an activating group) is 1. The van der Waals surface area contributed by atoms with Crippen LogP contribution in [0.5, 0.6) is 0 Å². The highest BCUT2D eigenvalue weighted by atomic mass is 16.2. The number of rotatable bonds is 7. The summed E-state index contributed by atoms with van der Waals surface area (Å²) in [4.78, 5) is 14.5. The Morgan fingerprint density at radius 1 is 1.11 bits per heavy atom. The predicted octanol–water partition coefficient (Wildman–Crippen LogP) is 3.08. The van der Waals surface area contributed by atoms with E-state index in [1.54, 1.807) is 4.68 Å². The number of tetrazole rings is 1. The molecule has 0 saturated heterocycles. The summed E-state index contributed by atoms with van der Waals surface area (Å²) in [6.07, 6.45) is 4.45. The standard InChI is InChI=1S/C21H23N5O/c1-3-25(15-7-10-18-8-5-4-6-9-18)21(27)16-19-11-13-20(14-12-19)26-17(2)22-23-24-26/h4-14H,3,15-16H2,1-2H3/b10-7+. The lowest BCUT2D eigenvalue weighted by Gasteiger charge is -2.19. The molecule has 0 N–H and O–H groups in total. The first kappa shape index (κ1) is 18.5. The second kappa shape index (κ2) is 8.89. The maximum atomic E-state index is 12.6. The van der Waals surface area contributed by atoms with Crippen molar-refractivity contribution in [3.05, 3.63) is 77.6 Å². The zero-order chi connectivity index (χ0) is 19.1. The molecule has 6 heteroatoms. The van der Waals surface area contributed by atoms with Gasteiger partial charge in [0.2, 0.25) is 5.91 Å². The van der Waals surface area contributed by atoms with Crippen molar-refractivity contribution in [2.24, 2.45) is 0 Å². The fourth-order valence-electron chi connectivity index (χ4n) is 2.80. The Labute approximate surface area is 159 Å². The largest absolute Gasteiger partial charge is 0.339 e. The van der Waals surface area contributed by atoms with Crippen molar-refractivity contribution in [3.8, 4) is 5.69 Å². The van der Waals surface area contributed by atoms with E-state index < -0.39 is 0 Å². The number of carbonyl (C=O) groups excluding carboxylic acids is 1. The van der Waals surface area contributed by atoms with Gasteiger partial charge in [-0.05, 0) is 47.5 Å². The Morgan fingerprint density at radius 2 is 1.85 bits per heavy atom. The lowest BCUT2D eigenvalue weighted by atomic mass is 10.1. The zero-order valence-electron chi connectivity index (χ0n) is 15.6. The number of hydrogen-bond acceptors (Lipinski definition) is 4. The van der Waals surface area contributed by atoms with Gasteiger partial charge in [-0.15, -0.1) is 5.10 Å². The molecular formula is C21H23N5O. The smallest absolute Gasteiger partial charge is 0.227 e. The van der Waals surface area contributed by atoms with Crippen LogP contribution in [-0.2, 0) is 11.2 Å². The number of benzene rings is 2. The molecule has 0 aliphatic heterocycles. The van der Waals surface area contributed by atoms with Gasteiger partial charge < -0.3 is 4.90 Å². The van der Waals surface area contributed by atoms with Crippen LogP contribution >= 0.6 is 0 Å². The number of amides is 1. The van der Waals surface area contributed by atoms with Crippen LogP contribution in [0.3, 0.4) is 0 Å². The first-order valence-corrected chi connectivity index (χ1v) is 9.01. The minimum absolute atomic E-state index is 0.113. The van der Waals surface area contributed by atoms with Gasteiger partial charge in [-0.25, -0.2) is 0 Å². The molecule has 3 rings (SSSR count). The highest BCUT2D eigenvalue weighted by Crippen LogP contribution is 2.11. The summed E-state index contributed by atoms with van der Waals surface area (Å²) in [5, 5.41) is 11.5. The van der Waals surface area contributed by atoms with Gasteiger partial charge in [0.05, 0.1) is 12.1 Å². The van der Waals surface area contributed by atoms with Crippen molar-refractivity contribution in [2.75, 3.05) is 13.1 Å². The molecule has 0 unspecified atom stereocenters. The normalized spacial score (nSPS) is 11.0. The van der Waals surface area contributed by atoms with Crippen molar-refractivity contribution < 1.29 is 4.79 Å². The predicted molar refractivity (Wildman–Crippen MR) is 105 cm³/mol. The third-order valence-electron chi connectivity index (χ3n) is 4.33. The third-order valence-corrected chi connectivity index (χ3v) is 4.33. The molecule has 1 amide bonds. The van der Waals surface area contributed by atoms with E-state index in [9.17, 15) is 4.79 Å². The fourth-order valence-corrected chi connectivity index (χ4v) is 2.80. The summed E-state index contributed by atoms with van der Waals surface area (Å²) in [6, 6.07) is 17.8. The molecule has 1 heterocycles. The van der Waals surface area contributed by atoms with E-state index in [0.717, 1.165) is 22.6 Å². The van der Waals surface area contributed by atoms with Crippen LogP contribution in [0, 0.1) is 6.92 Å². The molecule has 0 spiro atoms. The molecule has 0 radical (unpaired) electrons. The first-order chi connectivity index (χ1) is 13.2. The summed E-state index contributed by atoms with van der Waals surface area (Å²) in [5.74, 6) is 0.836. The second-order valence-corrected chi connectivity index (χ2v) is 6.23. The average molecular weight is 361 g/mol. The van der Waals surface area contributed by atoms with Crippen LogP contribution in [0.1, 0.15) is 23.9 Å². The summed E-state index contributed by atoms with van der Waals surface area (Å²) in [6.45, 7) is 5.13. The maximum absolute atomic E-state index is 12.6. The quantitative estimate of drug-likeness (QED) is 0.649. The Kier molecular flexibility index (Phi) is 6.10. The Hall–Kier alpha value is -3.28. The minimum atomic E-state index is 0.113. The molecule has 2 aromatic carbocycles. The van der Waals surface area contributed by atoms with Gasteiger partial charge in [0, 0.05) is 13.1 Å². The molecule has 1 aromatic heterocycles. The highest BCUT2D eigenvalue weighted by Gasteiger charge is 2.11. The van der Waals surface area contributed by atoms with Crippen LogP contribution in [0.2, 0.25) is 0 Å². The molecule has 3 aromatic rings. The van der Waals surface area contributed by atoms with Crippen molar-refractivity contribution in [2.45, 2.75) is 20.3 Å². The molecule has 0 aliphatic rings. The summed E-state index contributed by atoms with van der Waals surface area (Å²) in [7, 11) is 0. The Balaban J connectivity index is 1.59. The van der Waals surface area contributed by atoms with Crippen molar-refractivity contribution in [3.63, 3.8) is 0 Å². The first-order valence-electron chi connectivity index (χ1n) is 9.01. The van der Waals surface area contributed by atoms with E-state index >= 15 is 0 Å². The van der Waals surface area contributed by atoms with Gasteiger partial charge in [-0.1, -0.05) is 54.6 Å². The van der Waals surface area contributed by atoms with Gasteiger partial charge in [-0.3, -0.25) is 4.79 Å². The lowest BCUT2D eigenvalue weighted by molar-refractivity contribution is -0.129. The molecule has 138 valence electrons. The van der Waals surface area contributed by atoms with Crippen LogP contribution in [0.25, 0.3) is 11.8 Å². The molecule has 0 saturated carbocycles. The van der Waals surface area contributed by atoms with Crippen molar-refractivity contribution in [1.82, 2.24) is 25.1 Å². The average Bonchev–Trinajstić information content (AvgIpc) is 3.12. The summed E-state index contributed by atoms with van der Waals surface area (Å²) >= 11 is 0. The van der Waals surface area contributed by atoms with Gasteiger partial charge in [0.25, 0.3) is 0 Å². The Bertz CT molecular complexity index is 900. The lowest BCUT2D eigenvalue weighted by Crippen LogP contribution is -2.32. The van der Waals surface area contributed by atoms with Gasteiger partial charge in [0.1, 0.15) is 0 Å². The molecule has 0 atom stereocenters. The monoisotopic (exact) mass is 361 g/mol. The molecule has 6 nitrogen and oxygen atoms in total. The fraction of sp³-hybridized carbons (Fsp3) is 0.238. The summed E-state index contributed by atoms with van der Waals surface area (Å²) < 4.78 is 1.67. The number of aromatic nitrogens is 4. The zero-order valence-corrected chi connectivity index (χ0v) is 15.6. The van der Waals surface area contributed by atoms with Crippen LogP contribution in [0.15, 0.2) is 60.7 Å². The van der Waals surface area contributed by atoms with Crippen molar-refractivity contribution in [1.29, 1.82) is 0 Å². The maximum Gasteiger partial charge on any atom is 0.227 e. The van der Waals surface area contributed by atoms with E-state index in [-0.39, 0.29) is 5.91 Å². The molecule has 27 heavy (non-hydrogen) atoms. The molecule has 0 bridgehead atoms. The molecular weight excluding hydrogens is 338 g/mol. The van der Waals surface area contributed by atoms with E-state index in [1.165, 1.54) is 0 Å². The second-order valence-electron chi connectivity index (χ2n) is 6.23. The van der Waals surface area contributed by atoms with Gasteiger partial charge in [0.15, 0.2) is 5.82 Å². The molecule has 0 fully saturated rings. The van der Waals surface area contributed by atoms with Crippen molar-refractivity contribution >= 4 is 12.0 Å². The Morgan fingerprint density at radius 3 is 2.48 bits per heavy atom. The minimum Gasteiger partial charge on any atom is -0.339 e. The number of aryl methyl sites for hydroxylation is 1. The van der Waals surface area contributed by atoms with E-state index in [2.05, 4.69) is 15.5 Å².